The van der Waals surface area contributed by atoms with Gasteiger partial charge in [-0.3, -0.25) is 0 Å². The zero-order chi connectivity index (χ0) is 11.4. The molecular formula is C13H19FN2. The lowest BCUT2D eigenvalue weighted by Crippen LogP contribution is -2.41. The summed E-state index contributed by atoms with van der Waals surface area (Å²) in [5.74, 6) is -0.114. The lowest BCUT2D eigenvalue weighted by molar-refractivity contribution is 0.355. The van der Waals surface area contributed by atoms with Gasteiger partial charge < -0.3 is 10.6 Å². The molecule has 2 nitrogen and oxygen atoms in total. The highest BCUT2D eigenvalue weighted by molar-refractivity contribution is 5.20. The minimum absolute atomic E-state index is 0.0873. The first-order valence-corrected chi connectivity index (χ1v) is 5.98. The van der Waals surface area contributed by atoms with Gasteiger partial charge in [0.2, 0.25) is 0 Å². The van der Waals surface area contributed by atoms with E-state index in [9.17, 15) is 4.39 Å². The Morgan fingerprint density at radius 3 is 2.69 bits per heavy atom. The van der Waals surface area contributed by atoms with Crippen LogP contribution in [-0.4, -0.2) is 19.1 Å². The van der Waals surface area contributed by atoms with Gasteiger partial charge in [-0.1, -0.05) is 18.2 Å². The molecule has 0 saturated carbocycles. The Bertz CT molecular complexity index is 334. The maximum Gasteiger partial charge on any atom is 0.127 e. The molecule has 0 spiro atoms. The number of piperidine rings is 1. The van der Waals surface area contributed by atoms with Crippen molar-refractivity contribution in [2.24, 2.45) is 0 Å². The van der Waals surface area contributed by atoms with Gasteiger partial charge in [0.05, 0.1) is 0 Å². The minimum atomic E-state index is -0.114. The summed E-state index contributed by atoms with van der Waals surface area (Å²) >= 11 is 0. The van der Waals surface area contributed by atoms with Crippen molar-refractivity contribution in [3.63, 3.8) is 0 Å². The summed E-state index contributed by atoms with van der Waals surface area (Å²) in [5.41, 5.74) is 0.765. The van der Waals surface area contributed by atoms with Gasteiger partial charge in [0.15, 0.2) is 0 Å². The summed E-state index contributed by atoms with van der Waals surface area (Å²) < 4.78 is 13.5. The van der Waals surface area contributed by atoms with Gasteiger partial charge in [-0.05, 0) is 38.9 Å². The van der Waals surface area contributed by atoms with E-state index >= 15 is 0 Å². The highest BCUT2D eigenvalue weighted by Gasteiger charge is 2.17. The van der Waals surface area contributed by atoms with Gasteiger partial charge in [0.1, 0.15) is 5.82 Å². The normalized spacial score (nSPS) is 19.6. The molecule has 0 radical (unpaired) electrons. The Morgan fingerprint density at radius 2 is 2.00 bits per heavy atom. The molecule has 1 atom stereocenters. The Balaban J connectivity index is 1.96. The third-order valence-electron chi connectivity index (χ3n) is 3.20. The molecule has 0 bridgehead atoms. The fourth-order valence-electron chi connectivity index (χ4n) is 2.26. The third kappa shape index (κ3) is 2.80. The molecule has 3 heteroatoms. The smallest absolute Gasteiger partial charge is 0.127 e. The topological polar surface area (TPSA) is 24.1 Å². The second kappa shape index (κ2) is 5.41. The molecule has 1 fully saturated rings. The maximum atomic E-state index is 13.5. The van der Waals surface area contributed by atoms with Crippen molar-refractivity contribution in [2.45, 2.75) is 31.8 Å². The molecule has 1 aliphatic rings. The van der Waals surface area contributed by atoms with Crippen molar-refractivity contribution in [3.05, 3.63) is 35.6 Å². The number of benzene rings is 1. The second-order valence-corrected chi connectivity index (χ2v) is 4.43. The lowest BCUT2D eigenvalue weighted by atomic mass is 10.0. The highest BCUT2D eigenvalue weighted by Crippen LogP contribution is 2.18. The molecule has 0 aliphatic carbocycles. The lowest BCUT2D eigenvalue weighted by Gasteiger charge is -2.27. The summed E-state index contributed by atoms with van der Waals surface area (Å²) in [5, 5.41) is 6.82. The van der Waals surface area contributed by atoms with E-state index in [1.807, 2.05) is 19.1 Å². The SMILES string of the molecule is C[C@@H](NC1CCNCC1)c1ccccc1F. The Labute approximate surface area is 96.2 Å². The standard InChI is InChI=1S/C13H19FN2/c1-10(12-4-2-3-5-13(12)14)16-11-6-8-15-9-7-11/h2-5,10-11,15-16H,6-9H2,1H3/t10-/m1/s1. The molecule has 2 N–H and O–H groups in total. The zero-order valence-electron chi connectivity index (χ0n) is 9.67. The van der Waals surface area contributed by atoms with Crippen molar-refractivity contribution in [1.82, 2.24) is 10.6 Å². The van der Waals surface area contributed by atoms with Crippen molar-refractivity contribution in [3.8, 4) is 0 Å². The molecule has 0 unspecified atom stereocenters. The van der Waals surface area contributed by atoms with Crippen LogP contribution in [-0.2, 0) is 0 Å². The number of hydrogen-bond acceptors (Lipinski definition) is 2. The first kappa shape index (κ1) is 11.6. The highest BCUT2D eigenvalue weighted by atomic mass is 19.1. The molecular weight excluding hydrogens is 203 g/mol. The van der Waals surface area contributed by atoms with E-state index in [1.165, 1.54) is 6.07 Å². The van der Waals surface area contributed by atoms with Crippen LogP contribution in [0.2, 0.25) is 0 Å². The summed E-state index contributed by atoms with van der Waals surface area (Å²) in [6.45, 7) is 4.14. The van der Waals surface area contributed by atoms with E-state index in [0.29, 0.717) is 6.04 Å². The molecule has 1 aromatic rings. The van der Waals surface area contributed by atoms with Crippen LogP contribution in [0.5, 0.6) is 0 Å². The molecule has 1 saturated heterocycles. The quantitative estimate of drug-likeness (QED) is 0.819. The van der Waals surface area contributed by atoms with Gasteiger partial charge in [-0.25, -0.2) is 4.39 Å². The van der Waals surface area contributed by atoms with Crippen LogP contribution >= 0.6 is 0 Å². The van der Waals surface area contributed by atoms with E-state index in [2.05, 4.69) is 10.6 Å². The van der Waals surface area contributed by atoms with Gasteiger partial charge in [-0.15, -0.1) is 0 Å². The van der Waals surface area contributed by atoms with Crippen molar-refractivity contribution in [2.75, 3.05) is 13.1 Å². The van der Waals surface area contributed by atoms with Crippen LogP contribution in [0.3, 0.4) is 0 Å². The third-order valence-corrected chi connectivity index (χ3v) is 3.20. The molecule has 0 aromatic heterocycles. The Hall–Kier alpha value is -0.930. The molecule has 1 aromatic carbocycles. The summed E-state index contributed by atoms with van der Waals surface area (Å²) in [4.78, 5) is 0. The van der Waals surface area contributed by atoms with Crippen LogP contribution in [0, 0.1) is 5.82 Å². The van der Waals surface area contributed by atoms with Crippen LogP contribution in [0.4, 0.5) is 4.39 Å². The monoisotopic (exact) mass is 222 g/mol. The van der Waals surface area contributed by atoms with E-state index < -0.39 is 0 Å². The average Bonchev–Trinajstić information content (AvgIpc) is 2.31. The number of nitrogens with one attached hydrogen (secondary N) is 2. The molecule has 2 rings (SSSR count). The second-order valence-electron chi connectivity index (χ2n) is 4.43. The number of hydrogen-bond donors (Lipinski definition) is 2. The molecule has 88 valence electrons. The van der Waals surface area contributed by atoms with Gasteiger partial charge in [0, 0.05) is 17.6 Å². The summed E-state index contributed by atoms with van der Waals surface area (Å²) in [7, 11) is 0. The van der Waals surface area contributed by atoms with Gasteiger partial charge >= 0.3 is 0 Å². The fraction of sp³-hybridized carbons (Fsp3) is 0.538. The number of rotatable bonds is 3. The van der Waals surface area contributed by atoms with Crippen LogP contribution in [0.15, 0.2) is 24.3 Å². The predicted molar refractivity (Wildman–Crippen MR) is 63.8 cm³/mol. The first-order chi connectivity index (χ1) is 7.77. The fourth-order valence-corrected chi connectivity index (χ4v) is 2.26. The summed E-state index contributed by atoms with van der Waals surface area (Å²) in [6.07, 6.45) is 2.25. The van der Waals surface area contributed by atoms with Crippen molar-refractivity contribution >= 4 is 0 Å². The minimum Gasteiger partial charge on any atom is -0.317 e. The first-order valence-electron chi connectivity index (χ1n) is 5.98. The molecule has 1 aliphatic heterocycles. The van der Waals surface area contributed by atoms with Crippen molar-refractivity contribution < 1.29 is 4.39 Å². The van der Waals surface area contributed by atoms with Gasteiger partial charge in [0.25, 0.3) is 0 Å². The zero-order valence-corrected chi connectivity index (χ0v) is 9.67. The largest absolute Gasteiger partial charge is 0.317 e. The molecule has 16 heavy (non-hydrogen) atoms. The van der Waals surface area contributed by atoms with Crippen molar-refractivity contribution in [1.29, 1.82) is 0 Å². The van der Waals surface area contributed by atoms with E-state index in [4.69, 9.17) is 0 Å². The van der Waals surface area contributed by atoms with Crippen LogP contribution < -0.4 is 10.6 Å². The molecule has 0 amide bonds. The van der Waals surface area contributed by atoms with Gasteiger partial charge in [-0.2, -0.15) is 0 Å². The Morgan fingerprint density at radius 1 is 1.31 bits per heavy atom. The average molecular weight is 222 g/mol. The van der Waals surface area contributed by atoms with E-state index in [-0.39, 0.29) is 11.9 Å². The van der Waals surface area contributed by atoms with Crippen LogP contribution in [0.25, 0.3) is 0 Å². The molecule has 1 heterocycles. The summed E-state index contributed by atoms with van der Waals surface area (Å²) in [6, 6.07) is 7.60. The Kier molecular flexibility index (Phi) is 3.91. The van der Waals surface area contributed by atoms with E-state index in [1.54, 1.807) is 6.07 Å². The number of halogens is 1. The van der Waals surface area contributed by atoms with E-state index in [0.717, 1.165) is 31.5 Å². The maximum absolute atomic E-state index is 13.5. The predicted octanol–water partition coefficient (Wildman–Crippen LogP) is 2.23. The van der Waals surface area contributed by atoms with Crippen LogP contribution in [0.1, 0.15) is 31.4 Å².